The Balaban J connectivity index is 1.57. The lowest BCUT2D eigenvalue weighted by atomic mass is 10.2. The first-order valence-corrected chi connectivity index (χ1v) is 8.86. The van der Waals surface area contributed by atoms with E-state index in [0.29, 0.717) is 12.3 Å². The number of hydrogen-bond donors (Lipinski definition) is 1. The summed E-state index contributed by atoms with van der Waals surface area (Å²) in [4.78, 5) is 22.5. The van der Waals surface area contributed by atoms with Crippen molar-refractivity contribution in [3.05, 3.63) is 99.9 Å². The Morgan fingerprint density at radius 2 is 1.90 bits per heavy atom. The summed E-state index contributed by atoms with van der Waals surface area (Å²) in [6, 6.07) is 17.6. The van der Waals surface area contributed by atoms with Gasteiger partial charge in [0.1, 0.15) is 0 Å². The molecule has 8 heteroatoms. The maximum Gasteiger partial charge on any atom is 0.291 e. The molecule has 1 heterocycles. The summed E-state index contributed by atoms with van der Waals surface area (Å²) < 4.78 is 1.59. The summed E-state index contributed by atoms with van der Waals surface area (Å²) in [6.07, 6.45) is 5.38. The fourth-order valence-corrected chi connectivity index (χ4v) is 2.50. The van der Waals surface area contributed by atoms with E-state index in [2.05, 4.69) is 15.6 Å². The molecule has 0 aliphatic rings. The van der Waals surface area contributed by atoms with Crippen LogP contribution in [0.2, 0.25) is 0 Å². The molecule has 0 radical (unpaired) electrons. The third-order valence-corrected chi connectivity index (χ3v) is 4.02. The van der Waals surface area contributed by atoms with Crippen LogP contribution in [0.15, 0.2) is 78.0 Å². The Morgan fingerprint density at radius 3 is 2.59 bits per heavy atom. The number of nitrogens with zero attached hydrogens (tertiary/aromatic N) is 4. The first-order chi connectivity index (χ1) is 14.0. The van der Waals surface area contributed by atoms with Gasteiger partial charge in [-0.1, -0.05) is 48.5 Å². The van der Waals surface area contributed by atoms with Crippen LogP contribution in [0.4, 0.5) is 5.69 Å². The lowest BCUT2D eigenvalue weighted by Gasteiger charge is -2.02. The van der Waals surface area contributed by atoms with Crippen LogP contribution in [0.1, 0.15) is 28.5 Å². The van der Waals surface area contributed by atoms with E-state index in [4.69, 9.17) is 0 Å². The highest BCUT2D eigenvalue weighted by Gasteiger charge is 2.10. The Bertz CT molecular complexity index is 1050. The average Bonchev–Trinajstić information content (AvgIpc) is 3.20. The normalized spacial score (nSPS) is 11.6. The number of carbonyl (C=O) groups is 1. The van der Waals surface area contributed by atoms with E-state index in [1.807, 2.05) is 42.5 Å². The van der Waals surface area contributed by atoms with Crippen LogP contribution in [0, 0.1) is 10.1 Å². The van der Waals surface area contributed by atoms with E-state index in [1.54, 1.807) is 36.0 Å². The molecule has 146 valence electrons. The lowest BCUT2D eigenvalue weighted by Crippen LogP contribution is -2.19. The quantitative estimate of drug-likeness (QED) is 0.378. The fourth-order valence-electron chi connectivity index (χ4n) is 2.50. The molecule has 8 nitrogen and oxygen atoms in total. The van der Waals surface area contributed by atoms with Crippen molar-refractivity contribution >= 4 is 23.4 Å². The van der Waals surface area contributed by atoms with Crippen LogP contribution in [0.5, 0.6) is 0 Å². The number of hydrogen-bond acceptors (Lipinski definition) is 5. The molecule has 1 amide bonds. The standard InChI is InChI=1S/C21H19N5O3/c1-16(7-8-17-5-3-2-4-6-17)22-23-21(27)20-13-14-25(24-20)15-18-9-11-19(12-10-18)26(28)29/h2-14H,15H2,1H3,(H,23,27)/b8-7+,22-16-. The monoisotopic (exact) mass is 389 g/mol. The number of nitro groups is 1. The summed E-state index contributed by atoms with van der Waals surface area (Å²) in [5.41, 5.74) is 5.27. The molecule has 0 aliphatic heterocycles. The number of non-ortho nitro benzene ring substituents is 1. The number of carbonyl (C=O) groups excluding carboxylic acids is 1. The number of hydrazone groups is 1. The molecule has 1 aromatic heterocycles. The van der Waals surface area contributed by atoms with Crippen molar-refractivity contribution in [2.75, 3.05) is 0 Å². The van der Waals surface area contributed by atoms with E-state index in [1.165, 1.54) is 12.1 Å². The van der Waals surface area contributed by atoms with E-state index >= 15 is 0 Å². The number of amides is 1. The van der Waals surface area contributed by atoms with Crippen molar-refractivity contribution in [3.8, 4) is 0 Å². The first kappa shape index (κ1) is 19.7. The number of nitrogens with one attached hydrogen (secondary N) is 1. The van der Waals surface area contributed by atoms with Crippen molar-refractivity contribution in [1.29, 1.82) is 0 Å². The summed E-state index contributed by atoms with van der Waals surface area (Å²) in [5, 5.41) is 19.0. The Labute approximate surface area is 167 Å². The maximum atomic E-state index is 12.2. The fraction of sp³-hybridized carbons (Fsp3) is 0.0952. The molecule has 2 aromatic carbocycles. The molecule has 3 aromatic rings. The predicted molar refractivity (Wildman–Crippen MR) is 110 cm³/mol. The van der Waals surface area contributed by atoms with Gasteiger partial charge in [-0.05, 0) is 30.2 Å². The van der Waals surface area contributed by atoms with Gasteiger partial charge >= 0.3 is 0 Å². The number of rotatable bonds is 7. The third kappa shape index (κ3) is 5.70. The van der Waals surface area contributed by atoms with Gasteiger partial charge in [0, 0.05) is 18.3 Å². The topological polar surface area (TPSA) is 102 Å². The third-order valence-electron chi connectivity index (χ3n) is 4.02. The maximum absolute atomic E-state index is 12.2. The molecule has 0 saturated carbocycles. The van der Waals surface area contributed by atoms with E-state index in [9.17, 15) is 14.9 Å². The summed E-state index contributed by atoms with van der Waals surface area (Å²) in [7, 11) is 0. The molecule has 0 fully saturated rings. The van der Waals surface area contributed by atoms with Gasteiger partial charge < -0.3 is 0 Å². The van der Waals surface area contributed by atoms with Gasteiger partial charge in [-0.25, -0.2) is 5.43 Å². The molecule has 29 heavy (non-hydrogen) atoms. The van der Waals surface area contributed by atoms with Gasteiger partial charge in [-0.15, -0.1) is 0 Å². The zero-order valence-corrected chi connectivity index (χ0v) is 15.7. The van der Waals surface area contributed by atoms with Crippen LogP contribution in [-0.4, -0.2) is 26.3 Å². The van der Waals surface area contributed by atoms with Gasteiger partial charge in [0.25, 0.3) is 11.6 Å². The molecular weight excluding hydrogens is 370 g/mol. The minimum Gasteiger partial charge on any atom is -0.268 e. The van der Waals surface area contributed by atoms with E-state index in [-0.39, 0.29) is 11.4 Å². The minimum absolute atomic E-state index is 0.0313. The van der Waals surface area contributed by atoms with E-state index in [0.717, 1.165) is 11.1 Å². The Morgan fingerprint density at radius 1 is 1.17 bits per heavy atom. The minimum atomic E-state index is -0.447. The molecule has 0 unspecified atom stereocenters. The average molecular weight is 389 g/mol. The van der Waals surface area contributed by atoms with Gasteiger partial charge in [-0.2, -0.15) is 10.2 Å². The second kappa shape index (κ2) is 9.23. The lowest BCUT2D eigenvalue weighted by molar-refractivity contribution is -0.384. The van der Waals surface area contributed by atoms with Gasteiger partial charge in [-0.3, -0.25) is 19.6 Å². The molecule has 0 spiro atoms. The highest BCUT2D eigenvalue weighted by atomic mass is 16.6. The molecule has 0 saturated heterocycles. The van der Waals surface area contributed by atoms with Crippen molar-refractivity contribution in [3.63, 3.8) is 0 Å². The summed E-state index contributed by atoms with van der Waals surface area (Å²) in [5.74, 6) is -0.417. The van der Waals surface area contributed by atoms with Crippen LogP contribution < -0.4 is 5.43 Å². The van der Waals surface area contributed by atoms with Crippen LogP contribution in [0.25, 0.3) is 6.08 Å². The first-order valence-electron chi connectivity index (χ1n) is 8.86. The molecule has 1 N–H and O–H groups in total. The second-order valence-electron chi connectivity index (χ2n) is 6.26. The largest absolute Gasteiger partial charge is 0.291 e. The van der Waals surface area contributed by atoms with Crippen molar-refractivity contribution in [1.82, 2.24) is 15.2 Å². The summed E-state index contributed by atoms with van der Waals surface area (Å²) in [6.45, 7) is 2.18. The molecule has 3 rings (SSSR count). The van der Waals surface area contributed by atoms with Crippen molar-refractivity contribution < 1.29 is 9.72 Å². The van der Waals surface area contributed by atoms with Gasteiger partial charge in [0.05, 0.1) is 17.2 Å². The Hall–Kier alpha value is -4.07. The highest BCUT2D eigenvalue weighted by Crippen LogP contribution is 2.12. The van der Waals surface area contributed by atoms with Crippen molar-refractivity contribution in [2.24, 2.45) is 5.10 Å². The van der Waals surface area contributed by atoms with Gasteiger partial charge in [0.15, 0.2) is 5.69 Å². The smallest absolute Gasteiger partial charge is 0.268 e. The van der Waals surface area contributed by atoms with Crippen LogP contribution in [-0.2, 0) is 6.54 Å². The number of nitro benzene ring substituents is 1. The van der Waals surface area contributed by atoms with E-state index < -0.39 is 10.8 Å². The summed E-state index contributed by atoms with van der Waals surface area (Å²) >= 11 is 0. The second-order valence-corrected chi connectivity index (χ2v) is 6.26. The highest BCUT2D eigenvalue weighted by molar-refractivity contribution is 5.98. The van der Waals surface area contributed by atoms with Crippen LogP contribution in [0.3, 0.4) is 0 Å². The molecule has 0 atom stereocenters. The van der Waals surface area contributed by atoms with Crippen molar-refractivity contribution in [2.45, 2.75) is 13.5 Å². The Kier molecular flexibility index (Phi) is 6.26. The molecule has 0 bridgehead atoms. The van der Waals surface area contributed by atoms with Gasteiger partial charge in [0.2, 0.25) is 0 Å². The zero-order valence-electron chi connectivity index (χ0n) is 15.7. The number of allylic oxidation sites excluding steroid dienone is 1. The van der Waals surface area contributed by atoms with Crippen LogP contribution >= 0.6 is 0 Å². The molecular formula is C21H19N5O3. The number of benzene rings is 2. The SMILES string of the molecule is CC(/C=C/c1ccccc1)=N/NC(=O)c1ccn(Cc2ccc([N+](=O)[O-])cc2)n1. The number of aromatic nitrogens is 2. The predicted octanol–water partition coefficient (Wildman–Crippen LogP) is 3.66. The zero-order chi connectivity index (χ0) is 20.6. The molecule has 0 aliphatic carbocycles.